The first-order chi connectivity index (χ1) is 17.5. The highest BCUT2D eigenvalue weighted by atomic mass is 32.1. The fraction of sp³-hybridized carbons (Fsp3) is 0.308. The van der Waals surface area contributed by atoms with Crippen molar-refractivity contribution in [2.75, 3.05) is 34.7 Å². The van der Waals surface area contributed by atoms with Crippen LogP contribution in [0.4, 0.5) is 21.9 Å². The number of fused-ring (bicyclic) bond motifs is 1. The first kappa shape index (κ1) is 24.1. The lowest BCUT2D eigenvalue weighted by molar-refractivity contribution is 0.0293. The summed E-state index contributed by atoms with van der Waals surface area (Å²) in [6, 6.07) is 16.6. The van der Waals surface area contributed by atoms with E-state index in [9.17, 15) is 20.0 Å². The zero-order valence-corrected chi connectivity index (χ0v) is 20.5. The Morgan fingerprint density at radius 2 is 1.89 bits per heavy atom. The number of carbonyl (C=O) groups is 2. The van der Waals surface area contributed by atoms with E-state index in [1.807, 2.05) is 46.7 Å². The van der Waals surface area contributed by atoms with Crippen LogP contribution in [0.1, 0.15) is 33.6 Å². The molecule has 0 unspecified atom stereocenters. The number of nitrogens with zero attached hydrogens (tertiary/aromatic N) is 3. The number of hydrogen-bond acceptors (Lipinski definition) is 8. The number of piperidine rings is 1. The summed E-state index contributed by atoms with van der Waals surface area (Å²) in [6.07, 6.45) is 1.78. The van der Waals surface area contributed by atoms with Gasteiger partial charge in [0.05, 0.1) is 11.4 Å². The molecule has 3 aromatic rings. The van der Waals surface area contributed by atoms with E-state index in [-0.39, 0.29) is 35.6 Å². The molecule has 188 valence electrons. The number of para-hydroxylation sites is 1. The van der Waals surface area contributed by atoms with Gasteiger partial charge < -0.3 is 15.0 Å². The molecule has 2 aliphatic heterocycles. The van der Waals surface area contributed by atoms with Crippen molar-refractivity contribution in [2.45, 2.75) is 31.9 Å². The SMILES string of the molecule is O=C(NCCc1cccs1)c1ccc(N2CCC(N3C(=O)OCc4ccccc43)CC2)c(N(O)O)c1. The lowest BCUT2D eigenvalue weighted by Gasteiger charge is -2.41. The van der Waals surface area contributed by atoms with Crippen LogP contribution in [0, 0.1) is 0 Å². The monoisotopic (exact) mass is 508 g/mol. The van der Waals surface area contributed by atoms with Gasteiger partial charge in [0.15, 0.2) is 0 Å². The molecule has 2 aliphatic rings. The third-order valence-corrected chi connectivity index (χ3v) is 7.60. The van der Waals surface area contributed by atoms with Crippen LogP contribution in [-0.4, -0.2) is 48.1 Å². The maximum Gasteiger partial charge on any atom is 0.414 e. The highest BCUT2D eigenvalue weighted by molar-refractivity contribution is 7.09. The Morgan fingerprint density at radius 1 is 1.08 bits per heavy atom. The highest BCUT2D eigenvalue weighted by Crippen LogP contribution is 2.35. The van der Waals surface area contributed by atoms with Gasteiger partial charge in [-0.2, -0.15) is 0 Å². The second kappa shape index (κ2) is 10.6. The average Bonchev–Trinajstić information content (AvgIpc) is 3.42. The number of amides is 2. The molecule has 0 bridgehead atoms. The van der Waals surface area contributed by atoms with E-state index < -0.39 is 0 Å². The zero-order valence-electron chi connectivity index (χ0n) is 19.7. The summed E-state index contributed by atoms with van der Waals surface area (Å²) in [5.41, 5.74) is 2.95. The van der Waals surface area contributed by atoms with E-state index in [2.05, 4.69) is 5.32 Å². The van der Waals surface area contributed by atoms with Gasteiger partial charge in [0.2, 0.25) is 0 Å². The number of carbonyl (C=O) groups excluding carboxylic acids is 2. The molecule has 10 heteroatoms. The van der Waals surface area contributed by atoms with Gasteiger partial charge in [0.25, 0.3) is 5.91 Å². The first-order valence-corrected chi connectivity index (χ1v) is 12.8. The second-order valence-corrected chi connectivity index (χ2v) is 9.88. The van der Waals surface area contributed by atoms with E-state index in [0.717, 1.165) is 17.7 Å². The number of cyclic esters (lactones) is 1. The molecule has 9 nitrogen and oxygen atoms in total. The van der Waals surface area contributed by atoms with Crippen molar-refractivity contribution in [1.29, 1.82) is 0 Å². The maximum atomic E-state index is 12.6. The molecule has 3 heterocycles. The number of benzene rings is 2. The molecule has 36 heavy (non-hydrogen) atoms. The Labute approximate surface area is 213 Å². The van der Waals surface area contributed by atoms with Crippen LogP contribution in [0.15, 0.2) is 60.0 Å². The summed E-state index contributed by atoms with van der Waals surface area (Å²) < 4.78 is 5.38. The van der Waals surface area contributed by atoms with Crippen molar-refractivity contribution in [3.05, 3.63) is 76.0 Å². The van der Waals surface area contributed by atoms with Crippen molar-refractivity contribution in [3.63, 3.8) is 0 Å². The minimum Gasteiger partial charge on any atom is -0.444 e. The van der Waals surface area contributed by atoms with Gasteiger partial charge in [-0.3, -0.25) is 20.1 Å². The summed E-state index contributed by atoms with van der Waals surface area (Å²) in [5, 5.41) is 24.7. The lowest BCUT2D eigenvalue weighted by Crippen LogP contribution is -2.49. The molecule has 1 saturated heterocycles. The third-order valence-electron chi connectivity index (χ3n) is 6.66. The minimum atomic E-state index is -0.334. The van der Waals surface area contributed by atoms with Gasteiger partial charge in [-0.05, 0) is 55.0 Å². The highest BCUT2D eigenvalue weighted by Gasteiger charge is 2.34. The molecule has 0 saturated carbocycles. The number of nitrogens with one attached hydrogen (secondary N) is 1. The van der Waals surface area contributed by atoms with Crippen LogP contribution in [0.5, 0.6) is 0 Å². The van der Waals surface area contributed by atoms with E-state index in [1.165, 1.54) is 10.9 Å². The van der Waals surface area contributed by atoms with Crippen LogP contribution in [0.25, 0.3) is 0 Å². The standard InChI is InChI=1S/C26H28N4O5S/c31-25(27-12-9-21-5-3-15-36-21)18-7-8-23(24(16-18)30(33)34)28-13-10-20(11-14-28)29-22-6-2-1-4-19(22)17-35-26(29)32/h1-8,15-16,20,33-34H,9-14,17H2,(H,27,31). The van der Waals surface area contributed by atoms with Crippen molar-refractivity contribution in [3.8, 4) is 0 Å². The summed E-state index contributed by atoms with van der Waals surface area (Å²) in [5.74, 6) is -0.276. The number of thiophene rings is 1. The number of rotatable bonds is 7. The van der Waals surface area contributed by atoms with Gasteiger partial charge in [-0.1, -0.05) is 24.3 Å². The molecular weight excluding hydrogens is 480 g/mol. The van der Waals surface area contributed by atoms with Gasteiger partial charge in [0.1, 0.15) is 12.3 Å². The van der Waals surface area contributed by atoms with Crippen molar-refractivity contribution < 1.29 is 24.7 Å². The van der Waals surface area contributed by atoms with Gasteiger partial charge >= 0.3 is 6.09 Å². The van der Waals surface area contributed by atoms with Crippen LogP contribution in [-0.2, 0) is 17.8 Å². The Kier molecular flexibility index (Phi) is 7.08. The number of hydrogen-bond donors (Lipinski definition) is 3. The quantitative estimate of drug-likeness (QED) is 0.406. The predicted octanol–water partition coefficient (Wildman–Crippen LogP) is 4.43. The molecule has 2 aromatic carbocycles. The van der Waals surface area contributed by atoms with Gasteiger partial charge in [-0.15, -0.1) is 16.6 Å². The number of ether oxygens (including phenoxy) is 1. The zero-order chi connectivity index (χ0) is 25.1. The molecule has 1 aromatic heterocycles. The predicted molar refractivity (Wildman–Crippen MR) is 137 cm³/mol. The van der Waals surface area contributed by atoms with Gasteiger partial charge in [-0.25, -0.2) is 4.79 Å². The average molecular weight is 509 g/mol. The van der Waals surface area contributed by atoms with Crippen LogP contribution in [0.3, 0.4) is 0 Å². The minimum absolute atomic E-state index is 0.0218. The molecule has 2 amide bonds. The van der Waals surface area contributed by atoms with E-state index in [4.69, 9.17) is 4.74 Å². The van der Waals surface area contributed by atoms with Crippen molar-refractivity contribution in [2.24, 2.45) is 0 Å². The van der Waals surface area contributed by atoms with Crippen molar-refractivity contribution >= 4 is 40.4 Å². The Balaban J connectivity index is 1.25. The maximum absolute atomic E-state index is 12.6. The summed E-state index contributed by atoms with van der Waals surface area (Å²) in [7, 11) is 0. The summed E-state index contributed by atoms with van der Waals surface area (Å²) >= 11 is 1.64. The van der Waals surface area contributed by atoms with E-state index >= 15 is 0 Å². The molecule has 0 spiro atoms. The van der Waals surface area contributed by atoms with Crippen molar-refractivity contribution in [1.82, 2.24) is 5.32 Å². The molecule has 1 fully saturated rings. The Morgan fingerprint density at radius 3 is 2.64 bits per heavy atom. The lowest BCUT2D eigenvalue weighted by atomic mass is 9.99. The summed E-state index contributed by atoms with van der Waals surface area (Å²) in [4.78, 5) is 30.2. The van der Waals surface area contributed by atoms with Crippen LogP contribution in [0.2, 0.25) is 0 Å². The van der Waals surface area contributed by atoms with Crippen LogP contribution >= 0.6 is 11.3 Å². The molecule has 0 atom stereocenters. The Hall–Kier alpha value is -3.60. The third kappa shape index (κ3) is 5.01. The normalized spacial score (nSPS) is 15.9. The molecule has 3 N–H and O–H groups in total. The molecule has 5 rings (SSSR count). The molecular formula is C26H28N4O5S. The largest absolute Gasteiger partial charge is 0.444 e. The smallest absolute Gasteiger partial charge is 0.414 e. The molecule has 0 aliphatic carbocycles. The van der Waals surface area contributed by atoms with E-state index in [1.54, 1.807) is 28.4 Å². The van der Waals surface area contributed by atoms with Gasteiger partial charge in [0, 0.05) is 41.7 Å². The fourth-order valence-electron chi connectivity index (χ4n) is 4.83. The van der Waals surface area contributed by atoms with E-state index in [0.29, 0.717) is 43.7 Å². The number of anilines is 3. The molecule has 0 radical (unpaired) electrons. The second-order valence-electron chi connectivity index (χ2n) is 8.85. The Bertz CT molecular complexity index is 1220. The fourth-order valence-corrected chi connectivity index (χ4v) is 5.54. The topological polar surface area (TPSA) is 106 Å². The van der Waals surface area contributed by atoms with Crippen LogP contribution < -0.4 is 20.3 Å². The first-order valence-electron chi connectivity index (χ1n) is 11.9. The summed E-state index contributed by atoms with van der Waals surface area (Å²) in [6.45, 7) is 1.98.